The Kier molecular flexibility index (Phi) is 6.32. The van der Waals surface area contributed by atoms with Crippen LogP contribution in [0, 0.1) is 0 Å². The SMILES string of the molecule is CC(C)(C(=O)N1CCN(Cc2nnc(-c3ccc(Cl)cc3Cl)o2)CC1)c1ccccc1. The van der Waals surface area contributed by atoms with Crippen molar-refractivity contribution in [3.05, 3.63) is 70.0 Å². The van der Waals surface area contributed by atoms with Crippen LogP contribution in [0.1, 0.15) is 25.3 Å². The van der Waals surface area contributed by atoms with E-state index in [0.29, 0.717) is 47.0 Å². The highest BCUT2D eigenvalue weighted by Gasteiger charge is 2.35. The number of nitrogens with zero attached hydrogens (tertiary/aromatic N) is 4. The summed E-state index contributed by atoms with van der Waals surface area (Å²) >= 11 is 12.2. The Hall–Kier alpha value is -2.41. The molecule has 0 aliphatic carbocycles. The van der Waals surface area contributed by atoms with Gasteiger partial charge in [0.1, 0.15) is 0 Å². The van der Waals surface area contributed by atoms with Crippen molar-refractivity contribution < 1.29 is 9.21 Å². The predicted molar refractivity (Wildman–Crippen MR) is 121 cm³/mol. The minimum Gasteiger partial charge on any atom is -0.419 e. The molecule has 4 rings (SSSR count). The van der Waals surface area contributed by atoms with Gasteiger partial charge >= 0.3 is 0 Å². The highest BCUT2D eigenvalue weighted by atomic mass is 35.5. The molecule has 2 aromatic carbocycles. The van der Waals surface area contributed by atoms with Gasteiger partial charge in [0.25, 0.3) is 0 Å². The van der Waals surface area contributed by atoms with Crippen molar-refractivity contribution in [2.75, 3.05) is 26.2 Å². The number of hydrogen-bond donors (Lipinski definition) is 0. The van der Waals surface area contributed by atoms with Crippen LogP contribution in [0.4, 0.5) is 0 Å². The molecular formula is C23H24Cl2N4O2. The van der Waals surface area contributed by atoms with Gasteiger partial charge in [0.15, 0.2) is 0 Å². The summed E-state index contributed by atoms with van der Waals surface area (Å²) in [6.07, 6.45) is 0. The second-order valence-electron chi connectivity index (χ2n) is 8.18. The Labute approximate surface area is 191 Å². The molecule has 0 N–H and O–H groups in total. The van der Waals surface area contributed by atoms with E-state index in [4.69, 9.17) is 27.6 Å². The summed E-state index contributed by atoms with van der Waals surface area (Å²) in [5.74, 6) is 1.04. The van der Waals surface area contributed by atoms with E-state index in [-0.39, 0.29) is 5.91 Å². The summed E-state index contributed by atoms with van der Waals surface area (Å²) in [7, 11) is 0. The van der Waals surface area contributed by atoms with Crippen LogP contribution in [0.25, 0.3) is 11.5 Å². The van der Waals surface area contributed by atoms with Crippen LogP contribution in [0.2, 0.25) is 10.0 Å². The fourth-order valence-corrected chi connectivity index (χ4v) is 4.25. The van der Waals surface area contributed by atoms with Gasteiger partial charge in [0.05, 0.1) is 22.5 Å². The zero-order valence-electron chi connectivity index (χ0n) is 17.5. The van der Waals surface area contributed by atoms with Crippen molar-refractivity contribution in [1.29, 1.82) is 0 Å². The average Bonchev–Trinajstić information content (AvgIpc) is 3.22. The molecule has 162 valence electrons. The fraction of sp³-hybridized carbons (Fsp3) is 0.348. The molecule has 1 aliphatic rings. The lowest BCUT2D eigenvalue weighted by Gasteiger charge is -2.38. The monoisotopic (exact) mass is 458 g/mol. The summed E-state index contributed by atoms with van der Waals surface area (Å²) in [6.45, 7) is 7.32. The quantitative estimate of drug-likeness (QED) is 0.555. The van der Waals surface area contributed by atoms with E-state index in [1.165, 1.54) is 0 Å². The summed E-state index contributed by atoms with van der Waals surface area (Å²) < 4.78 is 5.81. The van der Waals surface area contributed by atoms with Crippen molar-refractivity contribution >= 4 is 29.1 Å². The minimum absolute atomic E-state index is 0.149. The van der Waals surface area contributed by atoms with Crippen LogP contribution in [0.3, 0.4) is 0 Å². The third-order valence-corrected chi connectivity index (χ3v) is 6.22. The molecule has 6 nitrogen and oxygen atoms in total. The molecule has 0 atom stereocenters. The first-order valence-corrected chi connectivity index (χ1v) is 11.0. The van der Waals surface area contributed by atoms with Gasteiger partial charge in [-0.1, -0.05) is 53.5 Å². The summed E-state index contributed by atoms with van der Waals surface area (Å²) in [4.78, 5) is 17.3. The maximum Gasteiger partial charge on any atom is 0.249 e. The van der Waals surface area contributed by atoms with Crippen LogP contribution in [-0.4, -0.2) is 52.1 Å². The van der Waals surface area contributed by atoms with Crippen LogP contribution in [0.15, 0.2) is 52.9 Å². The minimum atomic E-state index is -0.553. The number of hydrogen-bond acceptors (Lipinski definition) is 5. The van der Waals surface area contributed by atoms with E-state index >= 15 is 0 Å². The molecule has 1 amide bonds. The molecule has 0 bridgehead atoms. The number of rotatable bonds is 5. The van der Waals surface area contributed by atoms with Crippen LogP contribution in [-0.2, 0) is 16.8 Å². The number of piperazine rings is 1. The Balaban J connectivity index is 1.36. The number of benzene rings is 2. The van der Waals surface area contributed by atoms with Crippen molar-refractivity contribution in [2.24, 2.45) is 0 Å². The molecule has 0 unspecified atom stereocenters. The molecule has 1 aliphatic heterocycles. The first kappa shape index (κ1) is 21.8. The highest BCUT2D eigenvalue weighted by Crippen LogP contribution is 2.30. The van der Waals surface area contributed by atoms with Crippen molar-refractivity contribution in [1.82, 2.24) is 20.0 Å². The van der Waals surface area contributed by atoms with Gasteiger partial charge in [-0.05, 0) is 37.6 Å². The molecule has 3 aromatic rings. The van der Waals surface area contributed by atoms with Gasteiger partial charge < -0.3 is 9.32 Å². The second kappa shape index (κ2) is 8.99. The smallest absolute Gasteiger partial charge is 0.249 e. The molecule has 0 radical (unpaired) electrons. The lowest BCUT2D eigenvalue weighted by atomic mass is 9.83. The summed E-state index contributed by atoms with van der Waals surface area (Å²) in [6, 6.07) is 15.1. The van der Waals surface area contributed by atoms with Gasteiger partial charge in [-0.15, -0.1) is 10.2 Å². The maximum absolute atomic E-state index is 13.1. The first-order chi connectivity index (χ1) is 14.8. The lowest BCUT2D eigenvalue weighted by molar-refractivity contribution is -0.138. The molecule has 31 heavy (non-hydrogen) atoms. The zero-order chi connectivity index (χ0) is 22.0. The van der Waals surface area contributed by atoms with Crippen molar-refractivity contribution in [3.63, 3.8) is 0 Å². The average molecular weight is 459 g/mol. The van der Waals surface area contributed by atoms with E-state index in [2.05, 4.69) is 15.1 Å². The summed E-state index contributed by atoms with van der Waals surface area (Å²) in [5.41, 5.74) is 1.13. The third-order valence-electron chi connectivity index (χ3n) is 5.68. The number of halogens is 2. The largest absolute Gasteiger partial charge is 0.419 e. The Morgan fingerprint density at radius 2 is 1.74 bits per heavy atom. The number of carbonyl (C=O) groups excluding carboxylic acids is 1. The molecule has 1 aromatic heterocycles. The zero-order valence-corrected chi connectivity index (χ0v) is 19.0. The molecule has 1 fully saturated rings. The van der Waals surface area contributed by atoms with Crippen LogP contribution < -0.4 is 0 Å². The van der Waals surface area contributed by atoms with E-state index in [9.17, 15) is 4.79 Å². The number of amides is 1. The molecular weight excluding hydrogens is 435 g/mol. The van der Waals surface area contributed by atoms with Gasteiger partial charge in [-0.25, -0.2) is 0 Å². The highest BCUT2D eigenvalue weighted by molar-refractivity contribution is 6.36. The van der Waals surface area contributed by atoms with Gasteiger partial charge in [-0.2, -0.15) is 0 Å². The Morgan fingerprint density at radius 3 is 2.42 bits per heavy atom. The number of aromatic nitrogens is 2. The first-order valence-electron chi connectivity index (χ1n) is 10.2. The fourth-order valence-electron chi connectivity index (χ4n) is 3.76. The third kappa shape index (κ3) is 4.76. The van der Waals surface area contributed by atoms with Gasteiger partial charge in [-0.3, -0.25) is 9.69 Å². The Morgan fingerprint density at radius 1 is 1.03 bits per heavy atom. The summed E-state index contributed by atoms with van der Waals surface area (Å²) in [5, 5.41) is 9.29. The molecule has 1 saturated heterocycles. The van der Waals surface area contributed by atoms with E-state index in [0.717, 1.165) is 18.7 Å². The lowest BCUT2D eigenvalue weighted by Crippen LogP contribution is -2.52. The molecule has 2 heterocycles. The molecule has 8 heteroatoms. The molecule has 0 spiro atoms. The molecule has 0 saturated carbocycles. The van der Waals surface area contributed by atoms with E-state index in [1.54, 1.807) is 18.2 Å². The van der Waals surface area contributed by atoms with Crippen molar-refractivity contribution in [3.8, 4) is 11.5 Å². The van der Waals surface area contributed by atoms with E-state index < -0.39 is 5.41 Å². The van der Waals surface area contributed by atoms with Gasteiger partial charge in [0, 0.05) is 31.2 Å². The van der Waals surface area contributed by atoms with Crippen LogP contribution >= 0.6 is 23.2 Å². The van der Waals surface area contributed by atoms with Crippen LogP contribution in [0.5, 0.6) is 0 Å². The number of carbonyl (C=O) groups is 1. The predicted octanol–water partition coefficient (Wildman–Crippen LogP) is 4.67. The van der Waals surface area contributed by atoms with E-state index in [1.807, 2.05) is 49.1 Å². The standard InChI is InChI=1S/C23H24Cl2N4O2/c1-23(2,16-6-4-3-5-7-16)22(30)29-12-10-28(11-13-29)15-20-26-27-21(31-20)18-9-8-17(24)14-19(18)25/h3-9,14H,10-13,15H2,1-2H3. The topological polar surface area (TPSA) is 62.5 Å². The Bertz CT molecular complexity index is 1060. The maximum atomic E-state index is 13.1. The van der Waals surface area contributed by atoms with Crippen molar-refractivity contribution in [2.45, 2.75) is 25.8 Å². The van der Waals surface area contributed by atoms with Gasteiger partial charge in [0.2, 0.25) is 17.7 Å². The second-order valence-corrected chi connectivity index (χ2v) is 9.03. The normalized spacial score (nSPS) is 15.3.